The van der Waals surface area contributed by atoms with E-state index in [1.54, 1.807) is 0 Å². The molecule has 26 heavy (non-hydrogen) atoms. The van der Waals surface area contributed by atoms with Crippen molar-refractivity contribution >= 4 is 23.4 Å². The quantitative estimate of drug-likeness (QED) is 0.654. The molecule has 5 heteroatoms. The van der Waals surface area contributed by atoms with Gasteiger partial charge in [-0.05, 0) is 42.2 Å². The van der Waals surface area contributed by atoms with Crippen molar-refractivity contribution in [1.29, 1.82) is 0 Å². The molecule has 5 nitrogen and oxygen atoms in total. The molecule has 1 saturated carbocycles. The third-order valence-electron chi connectivity index (χ3n) is 6.13. The van der Waals surface area contributed by atoms with E-state index in [1.807, 2.05) is 32.0 Å². The fourth-order valence-corrected chi connectivity index (χ4v) is 4.85. The zero-order valence-electron chi connectivity index (χ0n) is 15.2. The van der Waals surface area contributed by atoms with E-state index in [4.69, 9.17) is 0 Å². The van der Waals surface area contributed by atoms with E-state index in [2.05, 4.69) is 17.5 Å². The van der Waals surface area contributed by atoms with Crippen LogP contribution in [-0.2, 0) is 27.2 Å². The number of hydrogen-bond donors (Lipinski definition) is 1. The number of nitrogens with zero attached hydrogens (tertiary/aromatic N) is 1. The summed E-state index contributed by atoms with van der Waals surface area (Å²) in [6.07, 6.45) is 6.64. The molecule has 2 bridgehead atoms. The van der Waals surface area contributed by atoms with Crippen molar-refractivity contribution in [2.24, 2.45) is 23.7 Å². The summed E-state index contributed by atoms with van der Waals surface area (Å²) in [5.74, 6) is -0.816. The molecule has 1 heterocycles. The predicted molar refractivity (Wildman–Crippen MR) is 98.3 cm³/mol. The van der Waals surface area contributed by atoms with Gasteiger partial charge in [-0.25, -0.2) is 0 Å². The van der Waals surface area contributed by atoms with Gasteiger partial charge in [-0.1, -0.05) is 44.2 Å². The Labute approximate surface area is 153 Å². The minimum absolute atomic E-state index is 0.169. The van der Waals surface area contributed by atoms with Crippen LogP contribution in [0.3, 0.4) is 0 Å². The van der Waals surface area contributed by atoms with E-state index >= 15 is 0 Å². The molecule has 1 aromatic carbocycles. The van der Waals surface area contributed by atoms with Gasteiger partial charge in [0, 0.05) is 5.69 Å². The summed E-state index contributed by atoms with van der Waals surface area (Å²) in [4.78, 5) is 39.2. The smallest absolute Gasteiger partial charge is 0.244 e. The van der Waals surface area contributed by atoms with Gasteiger partial charge >= 0.3 is 0 Å². The van der Waals surface area contributed by atoms with Crippen molar-refractivity contribution in [3.8, 4) is 0 Å². The number of imide groups is 1. The molecular weight excluding hydrogens is 328 g/mol. The maximum atomic E-state index is 12.7. The van der Waals surface area contributed by atoms with E-state index < -0.39 is 0 Å². The van der Waals surface area contributed by atoms with Gasteiger partial charge < -0.3 is 5.32 Å². The molecule has 3 amide bonds. The van der Waals surface area contributed by atoms with Gasteiger partial charge in [0.25, 0.3) is 0 Å². The van der Waals surface area contributed by atoms with Gasteiger partial charge in [-0.2, -0.15) is 0 Å². The third kappa shape index (κ3) is 2.49. The van der Waals surface area contributed by atoms with Gasteiger partial charge in [-0.3, -0.25) is 19.3 Å². The molecule has 136 valence electrons. The van der Waals surface area contributed by atoms with Crippen LogP contribution in [-0.4, -0.2) is 29.2 Å². The lowest BCUT2D eigenvalue weighted by Crippen LogP contribution is -2.39. The number of rotatable bonds is 5. The number of anilines is 1. The molecule has 1 aromatic rings. The Balaban J connectivity index is 1.50. The molecule has 3 aliphatic rings. The lowest BCUT2D eigenvalue weighted by Gasteiger charge is -2.19. The highest BCUT2D eigenvalue weighted by molar-refractivity contribution is 6.09. The summed E-state index contributed by atoms with van der Waals surface area (Å²) < 4.78 is 0. The largest absolute Gasteiger partial charge is 0.324 e. The number of aryl methyl sites for hydroxylation is 2. The highest BCUT2D eigenvalue weighted by atomic mass is 16.2. The first kappa shape index (κ1) is 17.0. The van der Waals surface area contributed by atoms with Crippen LogP contribution < -0.4 is 5.32 Å². The molecule has 0 unspecified atom stereocenters. The van der Waals surface area contributed by atoms with Crippen LogP contribution in [0.15, 0.2) is 30.4 Å². The van der Waals surface area contributed by atoms with Gasteiger partial charge in [0.2, 0.25) is 17.7 Å². The number of carbonyl (C=O) groups is 3. The number of hydrogen-bond acceptors (Lipinski definition) is 3. The summed E-state index contributed by atoms with van der Waals surface area (Å²) in [6.45, 7) is 3.90. The number of likely N-dealkylation sites (tertiary alicyclic amines) is 1. The first-order chi connectivity index (χ1) is 12.5. The predicted octanol–water partition coefficient (Wildman–Crippen LogP) is 2.56. The topological polar surface area (TPSA) is 66.5 Å². The minimum atomic E-state index is -0.303. The van der Waals surface area contributed by atoms with Crippen molar-refractivity contribution in [1.82, 2.24) is 4.90 Å². The maximum absolute atomic E-state index is 12.7. The number of nitrogens with one attached hydrogen (secondary N) is 1. The number of allylic oxidation sites excluding steroid dienone is 2. The zero-order valence-corrected chi connectivity index (χ0v) is 15.2. The average Bonchev–Trinajstić information content (AvgIpc) is 3.32. The standard InChI is InChI=1S/C21H24N2O3/c1-3-12-6-5-7-13(4-2)19(12)22-16(24)11-23-20(25)17-14-8-9-15(10-14)18(17)21(23)26/h5-9,14-15,17-18H,3-4,10-11H2,1-2H3,(H,22,24)/t14-,15-,17+,18+/m1/s1. The minimum Gasteiger partial charge on any atom is -0.324 e. The molecule has 1 N–H and O–H groups in total. The number of para-hydroxylation sites is 1. The SMILES string of the molecule is CCc1cccc(CC)c1NC(=O)CN1C(=O)[C@@H]2[C@@H](C1=O)[C@@H]1C=C[C@@H]2C1. The Morgan fingerprint density at radius 3 is 2.08 bits per heavy atom. The number of benzene rings is 1. The fourth-order valence-electron chi connectivity index (χ4n) is 4.85. The number of amides is 3. The molecule has 0 radical (unpaired) electrons. The number of fused-ring (bicyclic) bond motifs is 5. The summed E-state index contributed by atoms with van der Waals surface area (Å²) >= 11 is 0. The molecule has 0 aromatic heterocycles. The van der Waals surface area contributed by atoms with Crippen LogP contribution in [0, 0.1) is 23.7 Å². The first-order valence-electron chi connectivity index (χ1n) is 9.49. The van der Waals surface area contributed by atoms with Crippen molar-refractivity contribution < 1.29 is 14.4 Å². The molecule has 0 spiro atoms. The summed E-state index contributed by atoms with van der Waals surface area (Å²) in [7, 11) is 0. The van der Waals surface area contributed by atoms with Crippen molar-refractivity contribution in [2.75, 3.05) is 11.9 Å². The molecule has 1 saturated heterocycles. The fraction of sp³-hybridized carbons (Fsp3) is 0.476. The summed E-state index contributed by atoms with van der Waals surface area (Å²) in [5, 5.41) is 2.95. The van der Waals surface area contributed by atoms with E-state index in [9.17, 15) is 14.4 Å². The van der Waals surface area contributed by atoms with Gasteiger partial charge in [-0.15, -0.1) is 0 Å². The van der Waals surface area contributed by atoms with Gasteiger partial charge in [0.15, 0.2) is 0 Å². The lowest BCUT2D eigenvalue weighted by atomic mass is 9.85. The lowest BCUT2D eigenvalue weighted by molar-refractivity contribution is -0.143. The molecular formula is C21H24N2O3. The van der Waals surface area contributed by atoms with Gasteiger partial charge in [0.1, 0.15) is 6.54 Å². The third-order valence-corrected chi connectivity index (χ3v) is 6.13. The van der Waals surface area contributed by atoms with Crippen LogP contribution in [0.5, 0.6) is 0 Å². The highest BCUT2D eigenvalue weighted by Crippen LogP contribution is 2.52. The second-order valence-corrected chi connectivity index (χ2v) is 7.47. The van der Waals surface area contributed by atoms with E-state index in [0.717, 1.165) is 36.1 Å². The van der Waals surface area contributed by atoms with Crippen LogP contribution in [0.2, 0.25) is 0 Å². The van der Waals surface area contributed by atoms with Crippen LogP contribution in [0.1, 0.15) is 31.4 Å². The molecule has 4 rings (SSSR count). The van der Waals surface area contributed by atoms with E-state index in [0.29, 0.717) is 0 Å². The number of carbonyl (C=O) groups excluding carboxylic acids is 3. The average molecular weight is 352 g/mol. The van der Waals surface area contributed by atoms with E-state index in [-0.39, 0.29) is 47.9 Å². The van der Waals surface area contributed by atoms with Gasteiger partial charge in [0.05, 0.1) is 11.8 Å². The summed E-state index contributed by atoms with van der Waals surface area (Å²) in [6, 6.07) is 5.98. The molecule has 1 aliphatic heterocycles. The Morgan fingerprint density at radius 1 is 1.04 bits per heavy atom. The van der Waals surface area contributed by atoms with Crippen LogP contribution in [0.25, 0.3) is 0 Å². The maximum Gasteiger partial charge on any atom is 0.244 e. The van der Waals surface area contributed by atoms with Crippen molar-refractivity contribution in [3.05, 3.63) is 41.5 Å². The molecule has 4 atom stereocenters. The first-order valence-corrected chi connectivity index (χ1v) is 9.49. The van der Waals surface area contributed by atoms with Crippen molar-refractivity contribution in [3.63, 3.8) is 0 Å². The Bertz CT molecular complexity index is 761. The normalized spacial score (nSPS) is 28.8. The summed E-state index contributed by atoms with van der Waals surface area (Å²) in [5.41, 5.74) is 2.95. The second-order valence-electron chi connectivity index (χ2n) is 7.47. The van der Waals surface area contributed by atoms with E-state index in [1.165, 1.54) is 4.90 Å². The highest BCUT2D eigenvalue weighted by Gasteiger charge is 2.59. The molecule has 2 aliphatic carbocycles. The zero-order chi connectivity index (χ0) is 18.4. The second kappa shape index (κ2) is 6.38. The Hall–Kier alpha value is -2.43. The molecule has 2 fully saturated rings. The Kier molecular flexibility index (Phi) is 4.17. The van der Waals surface area contributed by atoms with Crippen LogP contribution in [0.4, 0.5) is 5.69 Å². The van der Waals surface area contributed by atoms with Crippen LogP contribution >= 0.6 is 0 Å². The monoisotopic (exact) mass is 352 g/mol. The van der Waals surface area contributed by atoms with Crippen molar-refractivity contribution in [2.45, 2.75) is 33.1 Å². The Morgan fingerprint density at radius 2 is 1.58 bits per heavy atom.